The monoisotopic (exact) mass is 276 g/mol. The third-order valence-corrected chi connectivity index (χ3v) is 3.70. The quantitative estimate of drug-likeness (QED) is 0.936. The molecule has 0 spiro atoms. The lowest BCUT2D eigenvalue weighted by Gasteiger charge is -2.17. The Labute approximate surface area is 118 Å². The smallest absolute Gasteiger partial charge is 0.0877 e. The minimum Gasteiger partial charge on any atom is -0.379 e. The topological polar surface area (TPSA) is 33.1 Å². The molecule has 1 aliphatic heterocycles. The molecule has 4 nitrogen and oxygen atoms in total. The van der Waals surface area contributed by atoms with Crippen molar-refractivity contribution in [1.29, 1.82) is 0 Å². The van der Waals surface area contributed by atoms with Crippen molar-refractivity contribution in [3.63, 3.8) is 0 Å². The number of hydrogen-bond acceptors (Lipinski definition) is 3. The van der Waals surface area contributed by atoms with E-state index >= 15 is 0 Å². The van der Waals surface area contributed by atoms with E-state index in [0.29, 0.717) is 6.04 Å². The molecule has 1 atom stereocenters. The lowest BCUT2D eigenvalue weighted by Crippen LogP contribution is -2.24. The summed E-state index contributed by atoms with van der Waals surface area (Å²) in [7, 11) is 2.15. The molecule has 0 radical (unpaired) electrons. The normalized spacial score (nSPS) is 19.8. The fraction of sp³-hybridized carbons (Fsp3) is 0.357. The van der Waals surface area contributed by atoms with Crippen LogP contribution in [0.1, 0.15) is 6.42 Å². The van der Waals surface area contributed by atoms with Crippen LogP contribution in [-0.2, 0) is 0 Å². The van der Waals surface area contributed by atoms with Gasteiger partial charge in [-0.05, 0) is 44.3 Å². The van der Waals surface area contributed by atoms with Gasteiger partial charge in [-0.1, -0.05) is 11.6 Å². The van der Waals surface area contributed by atoms with Gasteiger partial charge in [0.2, 0.25) is 0 Å². The van der Waals surface area contributed by atoms with E-state index in [9.17, 15) is 0 Å². The zero-order valence-corrected chi connectivity index (χ0v) is 11.6. The van der Waals surface area contributed by atoms with Gasteiger partial charge < -0.3 is 10.2 Å². The molecule has 1 aliphatic rings. The van der Waals surface area contributed by atoms with Crippen LogP contribution in [-0.4, -0.2) is 40.9 Å². The summed E-state index contributed by atoms with van der Waals surface area (Å²) >= 11 is 6.11. The third kappa shape index (κ3) is 2.74. The number of anilines is 1. The zero-order valence-electron chi connectivity index (χ0n) is 10.9. The highest BCUT2D eigenvalue weighted by atomic mass is 35.5. The minimum atomic E-state index is 0.470. The average molecular weight is 277 g/mol. The van der Waals surface area contributed by atoms with Gasteiger partial charge in [-0.25, -0.2) is 4.68 Å². The van der Waals surface area contributed by atoms with E-state index in [-0.39, 0.29) is 0 Å². The van der Waals surface area contributed by atoms with E-state index in [4.69, 9.17) is 11.6 Å². The Morgan fingerprint density at radius 2 is 2.32 bits per heavy atom. The van der Waals surface area contributed by atoms with Crippen molar-refractivity contribution in [2.24, 2.45) is 0 Å². The molecule has 0 saturated carbocycles. The summed E-state index contributed by atoms with van der Waals surface area (Å²) in [5, 5.41) is 8.61. The second kappa shape index (κ2) is 5.23. The van der Waals surface area contributed by atoms with Crippen LogP contribution in [0.3, 0.4) is 0 Å². The van der Waals surface area contributed by atoms with Crippen molar-refractivity contribution in [2.45, 2.75) is 12.5 Å². The summed E-state index contributed by atoms with van der Waals surface area (Å²) in [6, 6.07) is 8.25. The van der Waals surface area contributed by atoms with E-state index in [0.717, 1.165) is 35.9 Å². The molecule has 1 unspecified atom stereocenters. The second-order valence-corrected chi connectivity index (χ2v) is 5.44. The molecule has 1 N–H and O–H groups in total. The van der Waals surface area contributed by atoms with Crippen molar-refractivity contribution >= 4 is 17.3 Å². The van der Waals surface area contributed by atoms with Crippen molar-refractivity contribution in [2.75, 3.05) is 25.5 Å². The van der Waals surface area contributed by atoms with E-state index in [1.807, 2.05) is 35.1 Å². The number of aromatic nitrogens is 2. The number of hydrogen-bond donors (Lipinski definition) is 1. The fourth-order valence-corrected chi connectivity index (χ4v) is 2.68. The maximum absolute atomic E-state index is 6.11. The van der Waals surface area contributed by atoms with Gasteiger partial charge in [-0.3, -0.25) is 0 Å². The van der Waals surface area contributed by atoms with Crippen LogP contribution in [0.25, 0.3) is 5.69 Å². The van der Waals surface area contributed by atoms with E-state index < -0.39 is 0 Å². The van der Waals surface area contributed by atoms with E-state index in [1.54, 1.807) is 6.20 Å². The van der Waals surface area contributed by atoms with Crippen LogP contribution < -0.4 is 5.32 Å². The van der Waals surface area contributed by atoms with Gasteiger partial charge in [-0.15, -0.1) is 0 Å². The molecule has 0 aliphatic carbocycles. The standard InChI is InChI=1S/C14H17ClN4/c1-18-8-5-12(10-18)17-13-9-11(15)3-4-14(13)19-7-2-6-16-19/h2-4,6-7,9,12,17H,5,8,10H2,1H3. The lowest BCUT2D eigenvalue weighted by molar-refractivity contribution is 0.414. The molecular formula is C14H17ClN4. The molecule has 5 heteroatoms. The average Bonchev–Trinajstić information content (AvgIpc) is 3.01. The molecule has 1 saturated heterocycles. The van der Waals surface area contributed by atoms with Gasteiger partial charge in [0.15, 0.2) is 0 Å². The van der Waals surface area contributed by atoms with Crippen LogP contribution in [0, 0.1) is 0 Å². The molecule has 3 rings (SSSR count). The summed E-state index contributed by atoms with van der Waals surface area (Å²) in [5.41, 5.74) is 2.07. The Bertz CT molecular complexity index is 553. The van der Waals surface area contributed by atoms with Crippen LogP contribution >= 0.6 is 11.6 Å². The number of likely N-dealkylation sites (N-methyl/N-ethyl adjacent to an activating group) is 1. The third-order valence-electron chi connectivity index (χ3n) is 3.46. The Balaban J connectivity index is 1.89. The SMILES string of the molecule is CN1CCC(Nc2cc(Cl)ccc2-n2cccn2)C1. The fourth-order valence-electron chi connectivity index (χ4n) is 2.51. The molecule has 2 heterocycles. The summed E-state index contributed by atoms with van der Waals surface area (Å²) in [5.74, 6) is 0. The summed E-state index contributed by atoms with van der Waals surface area (Å²) in [6.45, 7) is 2.19. The second-order valence-electron chi connectivity index (χ2n) is 5.00. The van der Waals surface area contributed by atoms with Gasteiger partial charge in [0.05, 0.1) is 11.4 Å². The van der Waals surface area contributed by atoms with Gasteiger partial charge in [0.25, 0.3) is 0 Å². The molecule has 2 aromatic rings. The maximum Gasteiger partial charge on any atom is 0.0877 e. The minimum absolute atomic E-state index is 0.470. The Morgan fingerprint density at radius 3 is 3.00 bits per heavy atom. The highest BCUT2D eigenvalue weighted by Gasteiger charge is 2.20. The molecule has 0 amide bonds. The molecule has 1 aromatic heterocycles. The first-order valence-electron chi connectivity index (χ1n) is 6.47. The number of benzene rings is 1. The molecule has 1 aromatic carbocycles. The summed E-state index contributed by atoms with van der Waals surface area (Å²) < 4.78 is 1.86. The van der Waals surface area contributed by atoms with Crippen LogP contribution in [0.2, 0.25) is 5.02 Å². The van der Waals surface area contributed by atoms with Crippen molar-refractivity contribution in [3.8, 4) is 5.69 Å². The predicted molar refractivity (Wildman–Crippen MR) is 78.1 cm³/mol. The van der Waals surface area contributed by atoms with Crippen molar-refractivity contribution in [3.05, 3.63) is 41.7 Å². The van der Waals surface area contributed by atoms with Crippen molar-refractivity contribution < 1.29 is 0 Å². The Hall–Kier alpha value is -1.52. The number of nitrogens with zero attached hydrogens (tertiary/aromatic N) is 3. The number of likely N-dealkylation sites (tertiary alicyclic amines) is 1. The first-order chi connectivity index (χ1) is 9.22. The van der Waals surface area contributed by atoms with Crippen molar-refractivity contribution in [1.82, 2.24) is 14.7 Å². The highest BCUT2D eigenvalue weighted by molar-refractivity contribution is 6.31. The van der Waals surface area contributed by atoms with Crippen LogP contribution in [0.5, 0.6) is 0 Å². The predicted octanol–water partition coefficient (Wildman–Crippen LogP) is 2.64. The Morgan fingerprint density at radius 1 is 1.42 bits per heavy atom. The first-order valence-corrected chi connectivity index (χ1v) is 6.85. The zero-order chi connectivity index (χ0) is 13.2. The Kier molecular flexibility index (Phi) is 3.44. The van der Waals surface area contributed by atoms with E-state index in [1.165, 1.54) is 0 Å². The largest absolute Gasteiger partial charge is 0.379 e. The molecule has 0 bridgehead atoms. The van der Waals surface area contributed by atoms with Gasteiger partial charge >= 0.3 is 0 Å². The van der Waals surface area contributed by atoms with Gasteiger partial charge in [0.1, 0.15) is 0 Å². The number of halogens is 1. The number of nitrogens with one attached hydrogen (secondary N) is 1. The van der Waals surface area contributed by atoms with Gasteiger partial charge in [-0.2, -0.15) is 5.10 Å². The molecular weight excluding hydrogens is 260 g/mol. The lowest BCUT2D eigenvalue weighted by atomic mass is 10.2. The summed E-state index contributed by atoms with van der Waals surface area (Å²) in [6.07, 6.45) is 4.87. The van der Waals surface area contributed by atoms with Crippen LogP contribution in [0.15, 0.2) is 36.7 Å². The van der Waals surface area contributed by atoms with Crippen LogP contribution in [0.4, 0.5) is 5.69 Å². The summed E-state index contributed by atoms with van der Waals surface area (Å²) in [4.78, 5) is 2.33. The molecule has 1 fully saturated rings. The first kappa shape index (κ1) is 12.5. The highest BCUT2D eigenvalue weighted by Crippen LogP contribution is 2.26. The molecule has 100 valence electrons. The van der Waals surface area contributed by atoms with E-state index in [2.05, 4.69) is 22.4 Å². The number of rotatable bonds is 3. The maximum atomic E-state index is 6.11. The van der Waals surface area contributed by atoms with Gasteiger partial charge in [0, 0.05) is 30.0 Å². The molecule has 19 heavy (non-hydrogen) atoms.